The summed E-state index contributed by atoms with van der Waals surface area (Å²) in [6.07, 6.45) is 1.38. The van der Waals surface area contributed by atoms with Crippen LogP contribution in [-0.2, 0) is 13.2 Å². The number of halogens is 1. The molecule has 5 nitrogen and oxygen atoms in total. The lowest BCUT2D eigenvalue weighted by atomic mass is 10.3. The van der Waals surface area contributed by atoms with E-state index < -0.39 is 0 Å². The molecular weight excluding hydrogens is 254 g/mol. The van der Waals surface area contributed by atoms with Gasteiger partial charge in [0.25, 0.3) is 0 Å². The van der Waals surface area contributed by atoms with Crippen LogP contribution in [0.25, 0.3) is 0 Å². The van der Waals surface area contributed by atoms with Crippen LogP contribution >= 0.6 is 11.6 Å². The average molecular weight is 268 g/mol. The van der Waals surface area contributed by atoms with Crippen molar-refractivity contribution in [3.8, 4) is 0 Å². The fourth-order valence-corrected chi connectivity index (χ4v) is 1.91. The summed E-state index contributed by atoms with van der Waals surface area (Å²) in [6.45, 7) is 2.24. The molecule has 0 fully saturated rings. The number of anilines is 1. The van der Waals surface area contributed by atoms with Crippen molar-refractivity contribution >= 4 is 17.4 Å². The molecule has 0 saturated heterocycles. The van der Waals surface area contributed by atoms with Crippen molar-refractivity contribution in [2.45, 2.75) is 20.1 Å². The zero-order valence-corrected chi connectivity index (χ0v) is 11.0. The molecule has 6 heteroatoms. The molecule has 0 spiro atoms. The van der Waals surface area contributed by atoms with Crippen LogP contribution in [0.15, 0.2) is 22.9 Å². The molecule has 2 aromatic rings. The summed E-state index contributed by atoms with van der Waals surface area (Å²) in [5, 5.41) is 9.57. The molecule has 0 aromatic carbocycles. The van der Waals surface area contributed by atoms with E-state index in [0.717, 1.165) is 11.5 Å². The van der Waals surface area contributed by atoms with E-state index in [1.807, 2.05) is 31.0 Å². The van der Waals surface area contributed by atoms with E-state index in [4.69, 9.17) is 16.0 Å². The van der Waals surface area contributed by atoms with Crippen LogP contribution in [0.3, 0.4) is 0 Å². The van der Waals surface area contributed by atoms with Gasteiger partial charge in [-0.3, -0.25) is 0 Å². The molecule has 0 radical (unpaired) electrons. The number of rotatable bonds is 4. The molecule has 2 rings (SSSR count). The second-order valence-electron chi connectivity index (χ2n) is 3.99. The predicted octanol–water partition coefficient (Wildman–Crippen LogP) is 2.16. The van der Waals surface area contributed by atoms with Crippen molar-refractivity contribution in [1.82, 2.24) is 9.97 Å². The first kappa shape index (κ1) is 12.9. The zero-order valence-electron chi connectivity index (χ0n) is 10.2. The van der Waals surface area contributed by atoms with Crippen LogP contribution in [0.2, 0.25) is 5.15 Å². The lowest BCUT2D eigenvalue weighted by molar-refractivity contribution is 0.281. The Morgan fingerprint density at radius 2 is 2.17 bits per heavy atom. The fourth-order valence-electron chi connectivity index (χ4n) is 1.73. The van der Waals surface area contributed by atoms with E-state index in [0.29, 0.717) is 17.9 Å². The SMILES string of the molecule is Cc1ccc(CN(C)c2ncnc(Cl)c2CO)o1. The van der Waals surface area contributed by atoms with Gasteiger partial charge < -0.3 is 14.4 Å². The van der Waals surface area contributed by atoms with Gasteiger partial charge in [-0.25, -0.2) is 9.97 Å². The summed E-state index contributed by atoms with van der Waals surface area (Å²) < 4.78 is 5.50. The summed E-state index contributed by atoms with van der Waals surface area (Å²) in [6, 6.07) is 3.82. The number of furan rings is 1. The summed E-state index contributed by atoms with van der Waals surface area (Å²) in [7, 11) is 1.86. The molecular formula is C12H14ClN3O2. The normalized spacial score (nSPS) is 10.7. The quantitative estimate of drug-likeness (QED) is 0.860. The molecule has 2 aromatic heterocycles. The Morgan fingerprint density at radius 1 is 1.39 bits per heavy atom. The number of hydrogen-bond donors (Lipinski definition) is 1. The highest BCUT2D eigenvalue weighted by atomic mass is 35.5. The third-order valence-electron chi connectivity index (χ3n) is 2.58. The Morgan fingerprint density at radius 3 is 2.78 bits per heavy atom. The Labute approximate surface area is 110 Å². The third kappa shape index (κ3) is 2.63. The molecule has 2 heterocycles. The molecule has 0 atom stereocenters. The molecule has 0 bridgehead atoms. The molecule has 0 aliphatic heterocycles. The maximum absolute atomic E-state index is 9.30. The van der Waals surface area contributed by atoms with E-state index in [-0.39, 0.29) is 11.8 Å². The van der Waals surface area contributed by atoms with Crippen LogP contribution < -0.4 is 4.90 Å². The highest BCUT2D eigenvalue weighted by Crippen LogP contribution is 2.23. The van der Waals surface area contributed by atoms with Gasteiger partial charge in [-0.05, 0) is 19.1 Å². The summed E-state index contributed by atoms with van der Waals surface area (Å²) in [5.41, 5.74) is 0.518. The second kappa shape index (κ2) is 5.37. The van der Waals surface area contributed by atoms with Crippen LogP contribution in [0.1, 0.15) is 17.1 Å². The summed E-state index contributed by atoms with van der Waals surface area (Å²) >= 11 is 5.92. The van der Waals surface area contributed by atoms with E-state index in [9.17, 15) is 5.11 Å². The van der Waals surface area contributed by atoms with Gasteiger partial charge in [0, 0.05) is 7.05 Å². The number of aromatic nitrogens is 2. The number of hydrogen-bond acceptors (Lipinski definition) is 5. The Balaban J connectivity index is 2.23. The first-order valence-corrected chi connectivity index (χ1v) is 5.86. The minimum atomic E-state index is -0.198. The second-order valence-corrected chi connectivity index (χ2v) is 4.35. The third-order valence-corrected chi connectivity index (χ3v) is 2.90. The number of nitrogens with zero attached hydrogens (tertiary/aromatic N) is 3. The highest BCUT2D eigenvalue weighted by Gasteiger charge is 2.14. The van der Waals surface area contributed by atoms with Gasteiger partial charge in [-0.15, -0.1) is 0 Å². The number of aliphatic hydroxyl groups excluding tert-OH is 1. The highest BCUT2D eigenvalue weighted by molar-refractivity contribution is 6.30. The monoisotopic (exact) mass is 267 g/mol. The van der Waals surface area contributed by atoms with Gasteiger partial charge in [0.1, 0.15) is 28.8 Å². The molecule has 1 N–H and O–H groups in total. The van der Waals surface area contributed by atoms with Gasteiger partial charge in [0.2, 0.25) is 0 Å². The van der Waals surface area contributed by atoms with Crippen molar-refractivity contribution in [1.29, 1.82) is 0 Å². The maximum atomic E-state index is 9.30. The van der Waals surface area contributed by atoms with Crippen LogP contribution in [-0.4, -0.2) is 22.1 Å². The first-order chi connectivity index (χ1) is 8.61. The standard InChI is InChI=1S/C12H14ClN3O2/c1-8-3-4-9(18-8)5-16(2)12-10(6-17)11(13)14-7-15-12/h3-4,7,17H,5-6H2,1-2H3. The Hall–Kier alpha value is -1.59. The van der Waals surface area contributed by atoms with Gasteiger partial charge >= 0.3 is 0 Å². The van der Waals surface area contributed by atoms with Crippen LogP contribution in [0.5, 0.6) is 0 Å². The predicted molar refractivity (Wildman–Crippen MR) is 68.5 cm³/mol. The Kier molecular flexibility index (Phi) is 3.84. The van der Waals surface area contributed by atoms with Crippen molar-refractivity contribution < 1.29 is 9.52 Å². The van der Waals surface area contributed by atoms with Crippen molar-refractivity contribution in [3.05, 3.63) is 40.7 Å². The average Bonchev–Trinajstić information content (AvgIpc) is 2.74. The smallest absolute Gasteiger partial charge is 0.140 e. The van der Waals surface area contributed by atoms with Gasteiger partial charge in [0.05, 0.1) is 18.7 Å². The van der Waals surface area contributed by atoms with Gasteiger partial charge in [-0.2, -0.15) is 0 Å². The lowest BCUT2D eigenvalue weighted by Gasteiger charge is -2.19. The van der Waals surface area contributed by atoms with Gasteiger partial charge in [-0.1, -0.05) is 11.6 Å². The first-order valence-electron chi connectivity index (χ1n) is 5.48. The maximum Gasteiger partial charge on any atom is 0.140 e. The summed E-state index contributed by atoms with van der Waals surface area (Å²) in [4.78, 5) is 9.85. The molecule has 0 aliphatic carbocycles. The minimum absolute atomic E-state index is 0.198. The zero-order chi connectivity index (χ0) is 13.1. The largest absolute Gasteiger partial charge is 0.464 e. The fraction of sp³-hybridized carbons (Fsp3) is 0.333. The molecule has 0 aliphatic rings. The Bertz CT molecular complexity index is 542. The van der Waals surface area contributed by atoms with Crippen LogP contribution in [0.4, 0.5) is 5.82 Å². The minimum Gasteiger partial charge on any atom is -0.464 e. The number of aliphatic hydroxyl groups is 1. The van der Waals surface area contributed by atoms with E-state index in [1.165, 1.54) is 6.33 Å². The van der Waals surface area contributed by atoms with E-state index in [1.54, 1.807) is 0 Å². The van der Waals surface area contributed by atoms with Crippen molar-refractivity contribution in [2.75, 3.05) is 11.9 Å². The topological polar surface area (TPSA) is 62.4 Å². The molecule has 0 amide bonds. The van der Waals surface area contributed by atoms with Gasteiger partial charge in [0.15, 0.2) is 0 Å². The van der Waals surface area contributed by atoms with Crippen molar-refractivity contribution in [2.24, 2.45) is 0 Å². The van der Waals surface area contributed by atoms with E-state index in [2.05, 4.69) is 9.97 Å². The molecule has 18 heavy (non-hydrogen) atoms. The van der Waals surface area contributed by atoms with E-state index >= 15 is 0 Å². The summed E-state index contributed by atoms with van der Waals surface area (Å²) in [5.74, 6) is 2.29. The number of aryl methyl sites for hydroxylation is 1. The lowest BCUT2D eigenvalue weighted by Crippen LogP contribution is -2.19. The molecule has 0 unspecified atom stereocenters. The van der Waals surface area contributed by atoms with Crippen molar-refractivity contribution in [3.63, 3.8) is 0 Å². The van der Waals surface area contributed by atoms with Crippen LogP contribution in [0, 0.1) is 6.92 Å². The molecule has 96 valence electrons. The molecule has 0 saturated carbocycles.